The topological polar surface area (TPSA) is 76.7 Å². The molecule has 1 saturated carbocycles. The number of ether oxygens (including phenoxy) is 2. The van der Waals surface area contributed by atoms with Crippen LogP contribution in [0, 0.1) is 5.92 Å². The van der Waals surface area contributed by atoms with E-state index in [9.17, 15) is 9.59 Å². The van der Waals surface area contributed by atoms with E-state index in [1.165, 1.54) is 0 Å². The second kappa shape index (κ2) is 9.46. The molecule has 0 aliphatic heterocycles. The minimum atomic E-state index is -0.520. The number of hydrogen-bond donors (Lipinski definition) is 2. The summed E-state index contributed by atoms with van der Waals surface area (Å²) in [6.45, 7) is 6.25. The van der Waals surface area contributed by atoms with Crippen LogP contribution in [0.1, 0.15) is 52.0 Å². The van der Waals surface area contributed by atoms with Crippen molar-refractivity contribution in [3.8, 4) is 0 Å². The van der Waals surface area contributed by atoms with Crippen LogP contribution in [-0.4, -0.2) is 30.4 Å². The first-order valence-electron chi connectivity index (χ1n) is 9.27. The van der Waals surface area contributed by atoms with Gasteiger partial charge in [-0.05, 0) is 45.1 Å². The van der Waals surface area contributed by atoms with Gasteiger partial charge in [0.25, 0.3) is 0 Å². The Balaban J connectivity index is 1.76. The Hall–Kier alpha value is -2.24. The highest BCUT2D eigenvalue weighted by molar-refractivity contribution is 5.68. The molecular weight excluding hydrogens is 332 g/mol. The SMILES string of the molecule is CC(C)(C)OC(=O)NC1CCCCC1CNC(=O)OCc1ccccc1. The molecule has 2 unspecified atom stereocenters. The molecule has 1 aliphatic rings. The van der Waals surface area contributed by atoms with E-state index in [-0.39, 0.29) is 18.6 Å². The number of nitrogens with one attached hydrogen (secondary N) is 2. The van der Waals surface area contributed by atoms with Gasteiger partial charge in [0.15, 0.2) is 0 Å². The van der Waals surface area contributed by atoms with Crippen molar-refractivity contribution < 1.29 is 19.1 Å². The van der Waals surface area contributed by atoms with Crippen LogP contribution in [0.4, 0.5) is 9.59 Å². The molecule has 0 heterocycles. The van der Waals surface area contributed by atoms with Crippen LogP contribution in [0.25, 0.3) is 0 Å². The molecule has 0 radical (unpaired) electrons. The van der Waals surface area contributed by atoms with Gasteiger partial charge in [-0.2, -0.15) is 0 Å². The fourth-order valence-electron chi connectivity index (χ4n) is 3.09. The van der Waals surface area contributed by atoms with Gasteiger partial charge in [-0.1, -0.05) is 43.2 Å². The molecule has 26 heavy (non-hydrogen) atoms. The largest absolute Gasteiger partial charge is 0.445 e. The van der Waals surface area contributed by atoms with Gasteiger partial charge in [0.05, 0.1) is 0 Å². The number of benzene rings is 1. The average molecular weight is 362 g/mol. The molecule has 1 aromatic carbocycles. The molecule has 6 nitrogen and oxygen atoms in total. The highest BCUT2D eigenvalue weighted by Crippen LogP contribution is 2.24. The lowest BCUT2D eigenvalue weighted by Gasteiger charge is -2.32. The third-order valence-corrected chi connectivity index (χ3v) is 4.33. The zero-order valence-corrected chi connectivity index (χ0v) is 15.9. The molecule has 0 bridgehead atoms. The maximum atomic E-state index is 12.0. The van der Waals surface area contributed by atoms with Crippen LogP contribution in [0.2, 0.25) is 0 Å². The van der Waals surface area contributed by atoms with Gasteiger partial charge in [0, 0.05) is 12.6 Å². The lowest BCUT2D eigenvalue weighted by Crippen LogP contribution is -2.47. The Kier molecular flexibility index (Phi) is 7.30. The van der Waals surface area contributed by atoms with E-state index in [1.807, 2.05) is 51.1 Å². The minimum Gasteiger partial charge on any atom is -0.445 e. The van der Waals surface area contributed by atoms with Crippen molar-refractivity contribution in [1.82, 2.24) is 10.6 Å². The van der Waals surface area contributed by atoms with Crippen LogP contribution in [0.5, 0.6) is 0 Å². The van der Waals surface area contributed by atoms with Crippen molar-refractivity contribution in [2.24, 2.45) is 5.92 Å². The third-order valence-electron chi connectivity index (χ3n) is 4.33. The number of amides is 2. The van der Waals surface area contributed by atoms with E-state index in [0.717, 1.165) is 31.2 Å². The molecule has 2 rings (SSSR count). The van der Waals surface area contributed by atoms with Crippen LogP contribution in [-0.2, 0) is 16.1 Å². The summed E-state index contributed by atoms with van der Waals surface area (Å²) in [6.07, 6.45) is 3.17. The standard InChI is InChI=1S/C20H30N2O4/c1-20(2,3)26-19(24)22-17-12-8-7-11-16(17)13-21-18(23)25-14-15-9-5-4-6-10-15/h4-6,9-10,16-17H,7-8,11-14H2,1-3H3,(H,21,23)(H,22,24). The summed E-state index contributed by atoms with van der Waals surface area (Å²) in [7, 11) is 0. The summed E-state index contributed by atoms with van der Waals surface area (Å²) in [5.41, 5.74) is 0.429. The number of carbonyl (C=O) groups excluding carboxylic acids is 2. The Morgan fingerprint density at radius 2 is 1.77 bits per heavy atom. The monoisotopic (exact) mass is 362 g/mol. The van der Waals surface area contributed by atoms with Crippen molar-refractivity contribution >= 4 is 12.2 Å². The Labute approximate surface area is 155 Å². The van der Waals surface area contributed by atoms with Gasteiger partial charge < -0.3 is 20.1 Å². The van der Waals surface area contributed by atoms with Gasteiger partial charge in [-0.25, -0.2) is 9.59 Å². The number of rotatable bonds is 5. The van der Waals surface area contributed by atoms with E-state index < -0.39 is 17.8 Å². The van der Waals surface area contributed by atoms with Crippen molar-refractivity contribution in [3.05, 3.63) is 35.9 Å². The number of hydrogen-bond acceptors (Lipinski definition) is 4. The normalized spacial score (nSPS) is 20.1. The maximum absolute atomic E-state index is 12.0. The maximum Gasteiger partial charge on any atom is 0.407 e. The fraction of sp³-hybridized carbons (Fsp3) is 0.600. The smallest absolute Gasteiger partial charge is 0.407 e. The van der Waals surface area contributed by atoms with Crippen molar-refractivity contribution in [3.63, 3.8) is 0 Å². The fourth-order valence-corrected chi connectivity index (χ4v) is 3.09. The van der Waals surface area contributed by atoms with E-state index in [1.54, 1.807) is 0 Å². The highest BCUT2D eigenvalue weighted by Gasteiger charge is 2.28. The summed E-state index contributed by atoms with van der Waals surface area (Å²) in [4.78, 5) is 24.0. The Morgan fingerprint density at radius 1 is 1.08 bits per heavy atom. The number of carbonyl (C=O) groups is 2. The van der Waals surface area contributed by atoms with E-state index in [0.29, 0.717) is 6.54 Å². The molecule has 2 atom stereocenters. The average Bonchev–Trinajstić information content (AvgIpc) is 2.58. The molecule has 1 aliphatic carbocycles. The summed E-state index contributed by atoms with van der Waals surface area (Å²) >= 11 is 0. The van der Waals surface area contributed by atoms with Gasteiger partial charge in [-0.15, -0.1) is 0 Å². The van der Waals surface area contributed by atoms with E-state index >= 15 is 0 Å². The van der Waals surface area contributed by atoms with Gasteiger partial charge in [0.2, 0.25) is 0 Å². The number of alkyl carbamates (subject to hydrolysis) is 2. The van der Waals surface area contributed by atoms with Crippen LogP contribution in [0.3, 0.4) is 0 Å². The second-order valence-corrected chi connectivity index (χ2v) is 7.74. The predicted octanol–water partition coefficient (Wildman–Crippen LogP) is 4.00. The first-order valence-corrected chi connectivity index (χ1v) is 9.27. The lowest BCUT2D eigenvalue weighted by molar-refractivity contribution is 0.0469. The zero-order chi connectivity index (χ0) is 19.0. The van der Waals surface area contributed by atoms with Crippen molar-refractivity contribution in [1.29, 1.82) is 0 Å². The second-order valence-electron chi connectivity index (χ2n) is 7.74. The van der Waals surface area contributed by atoms with Crippen LogP contribution < -0.4 is 10.6 Å². The quantitative estimate of drug-likeness (QED) is 0.830. The summed E-state index contributed by atoms with van der Waals surface area (Å²) in [5.74, 6) is 0.181. The molecule has 0 aromatic heterocycles. The third kappa shape index (κ3) is 7.33. The van der Waals surface area contributed by atoms with E-state index in [4.69, 9.17) is 9.47 Å². The minimum absolute atomic E-state index is 0.00743. The van der Waals surface area contributed by atoms with Gasteiger partial charge in [0.1, 0.15) is 12.2 Å². The van der Waals surface area contributed by atoms with Crippen LogP contribution >= 0.6 is 0 Å². The van der Waals surface area contributed by atoms with Crippen LogP contribution in [0.15, 0.2) is 30.3 Å². The molecule has 144 valence electrons. The first kappa shape index (κ1) is 20.1. The molecule has 2 amide bonds. The highest BCUT2D eigenvalue weighted by atomic mass is 16.6. The molecule has 0 saturated heterocycles. The first-order chi connectivity index (χ1) is 12.3. The van der Waals surface area contributed by atoms with E-state index in [2.05, 4.69) is 10.6 Å². The predicted molar refractivity (Wildman–Crippen MR) is 99.7 cm³/mol. The molecule has 6 heteroatoms. The zero-order valence-electron chi connectivity index (χ0n) is 15.9. The molecule has 2 N–H and O–H groups in total. The Morgan fingerprint density at radius 3 is 2.46 bits per heavy atom. The summed E-state index contributed by atoms with van der Waals surface area (Å²) in [5, 5.41) is 5.77. The summed E-state index contributed by atoms with van der Waals surface area (Å²) in [6, 6.07) is 9.57. The lowest BCUT2D eigenvalue weighted by atomic mass is 9.84. The summed E-state index contributed by atoms with van der Waals surface area (Å²) < 4.78 is 10.6. The van der Waals surface area contributed by atoms with Crippen molar-refractivity contribution in [2.75, 3.05) is 6.54 Å². The Bertz CT molecular complexity index is 583. The molecule has 1 fully saturated rings. The van der Waals surface area contributed by atoms with Gasteiger partial charge >= 0.3 is 12.2 Å². The molecule has 0 spiro atoms. The molecular formula is C20H30N2O4. The van der Waals surface area contributed by atoms with Gasteiger partial charge in [-0.3, -0.25) is 0 Å². The molecule has 1 aromatic rings. The van der Waals surface area contributed by atoms with Crippen molar-refractivity contribution in [2.45, 2.75) is 64.7 Å².